The zero-order chi connectivity index (χ0) is 7.56. The first-order valence-corrected chi connectivity index (χ1v) is 3.31. The van der Waals surface area contributed by atoms with E-state index in [4.69, 9.17) is 10.2 Å². The third kappa shape index (κ3) is 1.68. The van der Waals surface area contributed by atoms with Gasteiger partial charge in [0.1, 0.15) is 0 Å². The fourth-order valence-electron chi connectivity index (χ4n) is 1.11. The highest BCUT2D eigenvalue weighted by atomic mass is 16.4. The Morgan fingerprint density at radius 3 is 2.60 bits per heavy atom. The van der Waals surface area contributed by atoms with Gasteiger partial charge in [-0.1, -0.05) is 0 Å². The molecule has 2 atom stereocenters. The lowest BCUT2D eigenvalue weighted by Crippen LogP contribution is -2.42. The number of aliphatic hydroxyl groups excluding tert-OH is 1. The van der Waals surface area contributed by atoms with Gasteiger partial charge in [0, 0.05) is 13.1 Å². The van der Waals surface area contributed by atoms with Crippen molar-refractivity contribution < 1.29 is 15.0 Å². The van der Waals surface area contributed by atoms with Gasteiger partial charge in [0.05, 0.1) is 12.0 Å². The summed E-state index contributed by atoms with van der Waals surface area (Å²) in [6, 6.07) is 0. The van der Waals surface area contributed by atoms with Crippen molar-refractivity contribution >= 4 is 5.97 Å². The Morgan fingerprint density at radius 1 is 1.50 bits per heavy atom. The molecule has 4 heteroatoms. The molecule has 0 amide bonds. The highest BCUT2D eigenvalue weighted by molar-refractivity contribution is 5.70. The topological polar surface area (TPSA) is 69.6 Å². The third-order valence-corrected chi connectivity index (χ3v) is 1.68. The molecule has 0 aromatic heterocycles. The van der Waals surface area contributed by atoms with Gasteiger partial charge in [-0.05, 0) is 6.42 Å². The fraction of sp³-hybridized carbons (Fsp3) is 0.833. The largest absolute Gasteiger partial charge is 0.481 e. The van der Waals surface area contributed by atoms with E-state index in [1.807, 2.05) is 0 Å². The SMILES string of the molecule is O=C(O)[C@@H]1CNC[C@@H](O)C1. The van der Waals surface area contributed by atoms with Crippen molar-refractivity contribution in [1.29, 1.82) is 0 Å². The molecule has 1 heterocycles. The Morgan fingerprint density at radius 2 is 2.20 bits per heavy atom. The zero-order valence-electron chi connectivity index (χ0n) is 5.58. The summed E-state index contributed by atoms with van der Waals surface area (Å²) >= 11 is 0. The van der Waals surface area contributed by atoms with Crippen molar-refractivity contribution in [1.82, 2.24) is 5.32 Å². The van der Waals surface area contributed by atoms with Crippen LogP contribution in [0, 0.1) is 5.92 Å². The molecule has 0 aromatic rings. The molecule has 3 N–H and O–H groups in total. The molecule has 1 saturated heterocycles. The van der Waals surface area contributed by atoms with Crippen LogP contribution in [0.5, 0.6) is 0 Å². The highest BCUT2D eigenvalue weighted by Crippen LogP contribution is 2.09. The molecular weight excluding hydrogens is 134 g/mol. The van der Waals surface area contributed by atoms with Crippen LogP contribution in [0.1, 0.15) is 6.42 Å². The smallest absolute Gasteiger partial charge is 0.307 e. The van der Waals surface area contributed by atoms with Crippen LogP contribution in [0.25, 0.3) is 0 Å². The van der Waals surface area contributed by atoms with Crippen LogP contribution in [0.2, 0.25) is 0 Å². The molecule has 1 aliphatic rings. The number of carboxylic acids is 1. The number of nitrogens with one attached hydrogen (secondary N) is 1. The standard InChI is InChI=1S/C6H11NO3/c8-5-1-4(6(9)10)2-7-3-5/h4-5,7-8H,1-3H2,(H,9,10)/t4-,5-/m0/s1. The van der Waals surface area contributed by atoms with Gasteiger partial charge >= 0.3 is 5.97 Å². The van der Waals surface area contributed by atoms with Crippen molar-refractivity contribution in [2.75, 3.05) is 13.1 Å². The summed E-state index contributed by atoms with van der Waals surface area (Å²) < 4.78 is 0. The van der Waals surface area contributed by atoms with E-state index >= 15 is 0 Å². The van der Waals surface area contributed by atoms with Gasteiger partial charge < -0.3 is 15.5 Å². The Bertz CT molecular complexity index is 137. The van der Waals surface area contributed by atoms with Gasteiger partial charge in [-0.25, -0.2) is 0 Å². The summed E-state index contributed by atoms with van der Waals surface area (Å²) in [7, 11) is 0. The molecule has 1 fully saturated rings. The van der Waals surface area contributed by atoms with Crippen molar-refractivity contribution in [3.05, 3.63) is 0 Å². The number of β-amino-alcohol motifs (C(OH)–C–C–N with tert-alkyl or cyclic N) is 1. The van der Waals surface area contributed by atoms with Gasteiger partial charge in [0.15, 0.2) is 0 Å². The lowest BCUT2D eigenvalue weighted by molar-refractivity contribution is -0.143. The van der Waals surface area contributed by atoms with Crippen molar-refractivity contribution in [2.45, 2.75) is 12.5 Å². The second-order valence-electron chi connectivity index (χ2n) is 2.58. The molecule has 1 rings (SSSR count). The van der Waals surface area contributed by atoms with E-state index in [9.17, 15) is 4.79 Å². The maximum Gasteiger partial charge on any atom is 0.307 e. The van der Waals surface area contributed by atoms with Crippen LogP contribution in [0.4, 0.5) is 0 Å². The average molecular weight is 145 g/mol. The molecule has 4 nitrogen and oxygen atoms in total. The van der Waals surface area contributed by atoms with Gasteiger partial charge in [-0.3, -0.25) is 4.79 Å². The van der Waals surface area contributed by atoms with E-state index in [1.54, 1.807) is 0 Å². The van der Waals surface area contributed by atoms with Crippen LogP contribution >= 0.6 is 0 Å². The summed E-state index contributed by atoms with van der Waals surface area (Å²) in [5.74, 6) is -1.24. The Balaban J connectivity index is 2.39. The number of piperidine rings is 1. The molecule has 1 aliphatic heterocycles. The molecule has 0 radical (unpaired) electrons. The zero-order valence-corrected chi connectivity index (χ0v) is 5.58. The maximum absolute atomic E-state index is 10.3. The molecule has 10 heavy (non-hydrogen) atoms. The number of rotatable bonds is 1. The first-order valence-electron chi connectivity index (χ1n) is 3.31. The van der Waals surface area contributed by atoms with E-state index in [2.05, 4.69) is 5.32 Å². The second-order valence-corrected chi connectivity index (χ2v) is 2.58. The van der Waals surface area contributed by atoms with Crippen LogP contribution in [-0.2, 0) is 4.79 Å². The number of hydrogen-bond acceptors (Lipinski definition) is 3. The van der Waals surface area contributed by atoms with E-state index in [-0.39, 0.29) is 0 Å². The number of hydrogen-bond donors (Lipinski definition) is 3. The molecule has 0 aliphatic carbocycles. The summed E-state index contributed by atoms with van der Waals surface area (Å²) in [6.45, 7) is 0.996. The van der Waals surface area contributed by atoms with Gasteiger partial charge in [-0.15, -0.1) is 0 Å². The monoisotopic (exact) mass is 145 g/mol. The summed E-state index contributed by atoms with van der Waals surface area (Å²) in [5.41, 5.74) is 0. The van der Waals surface area contributed by atoms with Crippen LogP contribution < -0.4 is 5.32 Å². The second kappa shape index (κ2) is 2.98. The van der Waals surface area contributed by atoms with Crippen molar-refractivity contribution in [3.63, 3.8) is 0 Å². The summed E-state index contributed by atoms with van der Waals surface area (Å²) in [4.78, 5) is 10.3. The lowest BCUT2D eigenvalue weighted by Gasteiger charge is -2.23. The van der Waals surface area contributed by atoms with E-state index in [0.29, 0.717) is 19.5 Å². The normalized spacial score (nSPS) is 33.7. The predicted octanol–water partition coefficient (Wildman–Crippen LogP) is -0.959. The predicted molar refractivity (Wildman–Crippen MR) is 34.6 cm³/mol. The fourth-order valence-corrected chi connectivity index (χ4v) is 1.11. The minimum Gasteiger partial charge on any atom is -0.481 e. The van der Waals surface area contributed by atoms with Crippen LogP contribution in [0.15, 0.2) is 0 Å². The van der Waals surface area contributed by atoms with E-state index in [1.165, 1.54) is 0 Å². The highest BCUT2D eigenvalue weighted by Gasteiger charge is 2.24. The molecule has 0 spiro atoms. The number of carbonyl (C=O) groups is 1. The van der Waals surface area contributed by atoms with Crippen molar-refractivity contribution in [2.24, 2.45) is 5.92 Å². The summed E-state index contributed by atoms with van der Waals surface area (Å²) in [5, 5.41) is 20.3. The molecular formula is C6H11NO3. The molecule has 0 bridgehead atoms. The van der Waals surface area contributed by atoms with Gasteiger partial charge in [-0.2, -0.15) is 0 Å². The van der Waals surface area contributed by atoms with Crippen LogP contribution in [-0.4, -0.2) is 35.4 Å². The summed E-state index contributed by atoms with van der Waals surface area (Å²) in [6.07, 6.45) is -0.114. The maximum atomic E-state index is 10.3. The molecule has 0 unspecified atom stereocenters. The minimum absolute atomic E-state index is 0.377. The van der Waals surface area contributed by atoms with Crippen LogP contribution in [0.3, 0.4) is 0 Å². The van der Waals surface area contributed by atoms with E-state index in [0.717, 1.165) is 0 Å². The number of carboxylic acid groups (broad SMARTS) is 1. The Kier molecular flexibility index (Phi) is 2.24. The first kappa shape index (κ1) is 7.50. The molecule has 0 saturated carbocycles. The lowest BCUT2D eigenvalue weighted by atomic mass is 9.98. The number of aliphatic hydroxyl groups is 1. The molecule has 58 valence electrons. The Labute approximate surface area is 58.9 Å². The quantitative estimate of drug-likeness (QED) is 0.444. The average Bonchev–Trinajstić information content (AvgIpc) is 1.88. The minimum atomic E-state index is -0.828. The Hall–Kier alpha value is -0.610. The van der Waals surface area contributed by atoms with Gasteiger partial charge in [0.25, 0.3) is 0 Å². The van der Waals surface area contributed by atoms with E-state index < -0.39 is 18.0 Å². The third-order valence-electron chi connectivity index (χ3n) is 1.68. The first-order chi connectivity index (χ1) is 4.70. The number of aliphatic carboxylic acids is 1. The van der Waals surface area contributed by atoms with Crippen molar-refractivity contribution in [3.8, 4) is 0 Å². The van der Waals surface area contributed by atoms with Gasteiger partial charge in [0.2, 0.25) is 0 Å². The molecule has 0 aromatic carbocycles.